The Morgan fingerprint density at radius 3 is 2.35 bits per heavy atom. The Kier molecular flexibility index (Phi) is 8.37. The number of hydrogen-bond acceptors (Lipinski definition) is 3. The quantitative estimate of drug-likeness (QED) is 0.279. The van der Waals surface area contributed by atoms with Crippen molar-refractivity contribution in [2.24, 2.45) is 0 Å². The van der Waals surface area contributed by atoms with E-state index in [0.29, 0.717) is 0 Å². The average molecular weight is 525 g/mol. The Bertz CT molecular complexity index is 911. The summed E-state index contributed by atoms with van der Waals surface area (Å²) in [6.45, 7) is 7.04. The number of rotatable bonds is 2. The molecule has 0 atom stereocenters. The van der Waals surface area contributed by atoms with E-state index in [1.54, 1.807) is 0 Å². The maximum Gasteiger partial charge on any atom is 0.155 e. The van der Waals surface area contributed by atoms with Crippen LogP contribution in [0, 0.1) is 19.9 Å². The second-order valence-corrected chi connectivity index (χ2v) is 6.00. The van der Waals surface area contributed by atoms with Gasteiger partial charge in [-0.15, -0.1) is 35.4 Å². The first-order valence-corrected chi connectivity index (χ1v) is 8.09. The normalized spacial score (nSPS) is 10.5. The minimum atomic E-state index is -0.125. The van der Waals surface area contributed by atoms with Gasteiger partial charge in [0.1, 0.15) is 0 Å². The zero-order valence-electron chi connectivity index (χ0n) is 15.3. The molecule has 0 saturated carbocycles. The summed E-state index contributed by atoms with van der Waals surface area (Å²) < 4.78 is 0. The number of aliphatic hydroxyl groups is 1. The van der Waals surface area contributed by atoms with Gasteiger partial charge in [0, 0.05) is 32.4 Å². The second kappa shape index (κ2) is 10.0. The number of allylic oxidation sites excluding steroid dienone is 2. The third kappa shape index (κ3) is 5.90. The van der Waals surface area contributed by atoms with E-state index in [0.717, 1.165) is 11.3 Å². The molecule has 137 valence electrons. The zero-order valence-corrected chi connectivity index (χ0v) is 17.7. The first-order valence-electron chi connectivity index (χ1n) is 8.09. The van der Waals surface area contributed by atoms with Crippen LogP contribution >= 0.6 is 0 Å². The van der Waals surface area contributed by atoms with Gasteiger partial charge in [0.2, 0.25) is 0 Å². The van der Waals surface area contributed by atoms with Crippen molar-refractivity contribution < 1.29 is 30.0 Å². The Morgan fingerprint density at radius 1 is 1.12 bits per heavy atom. The molecule has 4 heteroatoms. The first-order chi connectivity index (χ1) is 11.9. The maximum absolute atomic E-state index is 10.0. The number of aromatic nitrogens is 1. The predicted octanol–water partition coefficient (Wildman–Crippen LogP) is 5.35. The fourth-order valence-corrected chi connectivity index (χ4v) is 2.53. The SMILES string of the molecule is CC(=O)/C=C(/C)O.Cc1c[c-]c(-c2ncc3ccccc3c2C)cc1.[Ir]. The Labute approximate surface area is 168 Å². The average Bonchev–Trinajstić information content (AvgIpc) is 2.56. The largest absolute Gasteiger partial charge is 0.512 e. The van der Waals surface area contributed by atoms with Crippen LogP contribution in [-0.4, -0.2) is 15.9 Å². The number of pyridine rings is 1. The molecule has 3 nitrogen and oxygen atoms in total. The van der Waals surface area contributed by atoms with Crippen molar-refractivity contribution in [3.63, 3.8) is 0 Å². The van der Waals surface area contributed by atoms with Gasteiger partial charge in [-0.3, -0.25) is 4.79 Å². The number of carbonyl (C=O) groups excluding carboxylic acids is 1. The van der Waals surface area contributed by atoms with Crippen LogP contribution in [0.5, 0.6) is 0 Å². The molecule has 3 rings (SSSR count). The summed E-state index contributed by atoms with van der Waals surface area (Å²) in [7, 11) is 0. The molecule has 26 heavy (non-hydrogen) atoms. The van der Waals surface area contributed by atoms with Crippen LogP contribution in [0.1, 0.15) is 25.0 Å². The molecule has 1 radical (unpaired) electrons. The molecule has 1 aromatic heterocycles. The molecule has 2 aromatic carbocycles. The van der Waals surface area contributed by atoms with Crippen LogP contribution in [0.25, 0.3) is 22.0 Å². The van der Waals surface area contributed by atoms with Crippen LogP contribution < -0.4 is 0 Å². The number of hydrogen-bond donors (Lipinski definition) is 1. The van der Waals surface area contributed by atoms with E-state index in [4.69, 9.17) is 5.11 Å². The van der Waals surface area contributed by atoms with Crippen molar-refractivity contribution >= 4 is 16.6 Å². The molecule has 3 aromatic rings. The van der Waals surface area contributed by atoms with Crippen LogP contribution in [0.4, 0.5) is 0 Å². The zero-order chi connectivity index (χ0) is 18.4. The van der Waals surface area contributed by atoms with Crippen LogP contribution in [0.2, 0.25) is 0 Å². The van der Waals surface area contributed by atoms with E-state index < -0.39 is 0 Å². The van der Waals surface area contributed by atoms with Crippen molar-refractivity contribution in [1.82, 2.24) is 4.98 Å². The fraction of sp³-hybridized carbons (Fsp3) is 0.182. The van der Waals surface area contributed by atoms with E-state index in [9.17, 15) is 4.79 Å². The maximum atomic E-state index is 10.0. The molecule has 0 bridgehead atoms. The van der Waals surface area contributed by atoms with Gasteiger partial charge >= 0.3 is 0 Å². The van der Waals surface area contributed by atoms with Crippen molar-refractivity contribution in [3.8, 4) is 11.3 Å². The number of ketones is 1. The number of nitrogens with zero attached hydrogens (tertiary/aromatic N) is 1. The smallest absolute Gasteiger partial charge is 0.155 e. The van der Waals surface area contributed by atoms with Crippen molar-refractivity contribution in [2.45, 2.75) is 27.7 Å². The minimum absolute atomic E-state index is 0. The molecular formula is C22H22IrNO2-. The third-order valence-electron chi connectivity index (χ3n) is 3.69. The Hall–Kier alpha value is -2.29. The molecule has 0 saturated heterocycles. The summed E-state index contributed by atoms with van der Waals surface area (Å²) in [4.78, 5) is 14.6. The molecule has 0 fully saturated rings. The molecule has 0 aliphatic rings. The monoisotopic (exact) mass is 525 g/mol. The standard InChI is InChI=1S/C17H14N.C5H8O2.Ir/c1-12-7-9-14(10-8-12)17-13(2)16-6-4-3-5-15(16)11-18-17;1-4(6)3-5(2)7;/h3-9,11H,1-2H3;3,6H,1-2H3;/q-1;;/b;4-3-;. The summed E-state index contributed by atoms with van der Waals surface area (Å²) in [6, 6.07) is 17.8. The van der Waals surface area contributed by atoms with Gasteiger partial charge in [-0.1, -0.05) is 36.8 Å². The number of carbonyl (C=O) groups is 1. The van der Waals surface area contributed by atoms with Crippen LogP contribution in [0.3, 0.4) is 0 Å². The molecular weight excluding hydrogens is 502 g/mol. The van der Waals surface area contributed by atoms with Crippen molar-refractivity contribution in [3.05, 3.63) is 77.7 Å². The van der Waals surface area contributed by atoms with E-state index in [1.807, 2.05) is 18.3 Å². The van der Waals surface area contributed by atoms with E-state index >= 15 is 0 Å². The molecule has 1 heterocycles. The number of aliphatic hydroxyl groups excluding tert-OH is 1. The van der Waals surface area contributed by atoms with E-state index in [1.165, 1.54) is 41.8 Å². The topological polar surface area (TPSA) is 50.2 Å². The summed E-state index contributed by atoms with van der Waals surface area (Å²) in [5.41, 5.74) is 4.52. The van der Waals surface area contributed by atoms with Gasteiger partial charge in [-0.2, -0.15) is 0 Å². The van der Waals surface area contributed by atoms with Crippen molar-refractivity contribution in [1.29, 1.82) is 0 Å². The summed E-state index contributed by atoms with van der Waals surface area (Å²) >= 11 is 0. The van der Waals surface area contributed by atoms with Crippen molar-refractivity contribution in [2.75, 3.05) is 0 Å². The van der Waals surface area contributed by atoms with Gasteiger partial charge in [-0.05, 0) is 37.2 Å². The fourth-order valence-electron chi connectivity index (χ4n) is 2.53. The molecule has 0 aliphatic heterocycles. The van der Waals surface area contributed by atoms with Gasteiger partial charge in [0.25, 0.3) is 0 Å². The first kappa shape index (κ1) is 21.8. The summed E-state index contributed by atoms with van der Waals surface area (Å²) in [6.07, 6.45) is 3.10. The predicted molar refractivity (Wildman–Crippen MR) is 103 cm³/mol. The van der Waals surface area contributed by atoms with E-state index in [2.05, 4.69) is 55.2 Å². The molecule has 0 spiro atoms. The molecule has 1 N–H and O–H groups in total. The minimum Gasteiger partial charge on any atom is -0.512 e. The third-order valence-corrected chi connectivity index (χ3v) is 3.69. The molecule has 0 aliphatic carbocycles. The summed E-state index contributed by atoms with van der Waals surface area (Å²) in [5, 5.41) is 10.8. The van der Waals surface area contributed by atoms with Crippen LogP contribution in [0.15, 0.2) is 60.5 Å². The second-order valence-electron chi connectivity index (χ2n) is 6.00. The van der Waals surface area contributed by atoms with Gasteiger partial charge in [0.15, 0.2) is 5.78 Å². The Balaban J connectivity index is 0.000000366. The number of fused-ring (bicyclic) bond motifs is 1. The van der Waals surface area contributed by atoms with Crippen LogP contribution in [-0.2, 0) is 24.9 Å². The van der Waals surface area contributed by atoms with Gasteiger partial charge in [0.05, 0.1) is 5.76 Å². The van der Waals surface area contributed by atoms with Gasteiger partial charge in [-0.25, -0.2) is 0 Å². The Morgan fingerprint density at radius 2 is 1.81 bits per heavy atom. The van der Waals surface area contributed by atoms with Gasteiger partial charge < -0.3 is 10.1 Å². The molecule has 0 unspecified atom stereocenters. The van der Waals surface area contributed by atoms with E-state index in [-0.39, 0.29) is 31.6 Å². The summed E-state index contributed by atoms with van der Waals surface area (Å²) in [5.74, 6) is -0.0625. The molecule has 0 amide bonds. The number of aryl methyl sites for hydroxylation is 2. The number of benzene rings is 2.